The molecule has 1 aliphatic heterocycles. The Hall–Kier alpha value is -3.47. The van der Waals surface area contributed by atoms with Gasteiger partial charge in [-0.15, -0.1) is 0 Å². The minimum atomic E-state index is -3.04. The number of oxime groups is 1. The Morgan fingerprint density at radius 2 is 1.03 bits per heavy atom. The average Bonchev–Trinajstić information content (AvgIpc) is 2.86. The highest BCUT2D eigenvalue weighted by atomic mass is 28.4. The van der Waals surface area contributed by atoms with Crippen molar-refractivity contribution in [3.8, 4) is 0 Å². The number of hydrogen-bond donors (Lipinski definition) is 0. The third-order valence-corrected chi connectivity index (χ3v) is 8.39. The first-order chi connectivity index (χ1) is 14.9. The quantitative estimate of drug-likeness (QED) is 0.469. The molecule has 1 aliphatic rings. The van der Waals surface area contributed by atoms with Crippen LogP contribution >= 0.6 is 0 Å². The molecule has 0 spiro atoms. The monoisotopic (exact) mass is 407 g/mol. The summed E-state index contributed by atoms with van der Waals surface area (Å²) in [6.07, 6.45) is -0.325. The van der Waals surface area contributed by atoms with Crippen molar-refractivity contribution >= 4 is 24.6 Å². The Labute approximate surface area is 177 Å². The second-order valence-corrected chi connectivity index (χ2v) is 10.00. The van der Waals surface area contributed by atoms with Gasteiger partial charge in [-0.2, -0.15) is 0 Å². The van der Waals surface area contributed by atoms with E-state index < -0.39 is 8.56 Å². The van der Waals surface area contributed by atoms with Crippen LogP contribution < -0.4 is 10.4 Å². The average molecular weight is 408 g/mol. The molecule has 146 valence electrons. The largest absolute Gasteiger partial charge is 0.494 e. The molecular formula is C26H21NO2Si. The number of rotatable bonds is 4. The molecule has 30 heavy (non-hydrogen) atoms. The number of benzene rings is 4. The van der Waals surface area contributed by atoms with E-state index in [0.29, 0.717) is 0 Å². The van der Waals surface area contributed by atoms with Crippen molar-refractivity contribution in [3.05, 3.63) is 132 Å². The van der Waals surface area contributed by atoms with Crippen LogP contribution in [-0.2, 0) is 8.95 Å². The van der Waals surface area contributed by atoms with Gasteiger partial charge in [0.2, 0.25) is 0 Å². The number of nitrogens with zero attached hydrogens (tertiary/aromatic N) is 1. The van der Waals surface area contributed by atoms with Crippen molar-refractivity contribution in [1.82, 2.24) is 0 Å². The zero-order valence-electron chi connectivity index (χ0n) is 16.4. The highest BCUT2D eigenvalue weighted by Crippen LogP contribution is 2.31. The minimum Gasteiger partial charge on any atom is -0.411 e. The van der Waals surface area contributed by atoms with Crippen LogP contribution in [-0.4, -0.2) is 14.3 Å². The van der Waals surface area contributed by atoms with Crippen LogP contribution in [0.15, 0.2) is 126 Å². The van der Waals surface area contributed by atoms with Crippen molar-refractivity contribution in [2.45, 2.75) is 6.10 Å². The molecule has 0 fully saturated rings. The van der Waals surface area contributed by atoms with E-state index in [1.807, 2.05) is 84.9 Å². The maximum atomic E-state index is 6.99. The van der Waals surface area contributed by atoms with Gasteiger partial charge in [0.1, 0.15) is 11.8 Å². The van der Waals surface area contributed by atoms with Gasteiger partial charge >= 0.3 is 8.56 Å². The van der Waals surface area contributed by atoms with E-state index in [-0.39, 0.29) is 6.10 Å². The zero-order valence-corrected chi connectivity index (χ0v) is 17.4. The second-order valence-electron chi connectivity index (χ2n) is 7.19. The predicted molar refractivity (Wildman–Crippen MR) is 122 cm³/mol. The summed E-state index contributed by atoms with van der Waals surface area (Å²) in [4.78, 5) is 0. The van der Waals surface area contributed by atoms with E-state index in [2.05, 4.69) is 36.4 Å². The lowest BCUT2D eigenvalue weighted by molar-refractivity contribution is 0.146. The van der Waals surface area contributed by atoms with E-state index in [0.717, 1.165) is 27.2 Å². The van der Waals surface area contributed by atoms with Gasteiger partial charge in [-0.1, -0.05) is 126 Å². The van der Waals surface area contributed by atoms with Crippen molar-refractivity contribution < 1.29 is 8.95 Å². The Morgan fingerprint density at radius 3 is 1.57 bits per heavy atom. The first-order valence-electron chi connectivity index (χ1n) is 10.0. The molecule has 0 aliphatic carbocycles. The molecule has 0 aromatic heterocycles. The van der Waals surface area contributed by atoms with Crippen molar-refractivity contribution in [1.29, 1.82) is 0 Å². The zero-order chi connectivity index (χ0) is 20.2. The van der Waals surface area contributed by atoms with Crippen LogP contribution in [0.5, 0.6) is 0 Å². The van der Waals surface area contributed by atoms with Gasteiger partial charge in [0, 0.05) is 15.9 Å². The fourth-order valence-corrected chi connectivity index (χ4v) is 6.72. The molecule has 0 saturated carbocycles. The lowest BCUT2D eigenvalue weighted by Gasteiger charge is -2.37. The molecule has 0 saturated heterocycles. The van der Waals surface area contributed by atoms with Crippen LogP contribution in [0.25, 0.3) is 0 Å². The highest BCUT2D eigenvalue weighted by Gasteiger charge is 2.51. The Bertz CT molecular complexity index is 1090. The summed E-state index contributed by atoms with van der Waals surface area (Å²) in [5, 5.41) is 6.79. The van der Waals surface area contributed by atoms with Crippen LogP contribution in [0.3, 0.4) is 0 Å². The molecule has 0 radical (unpaired) electrons. The van der Waals surface area contributed by atoms with E-state index in [1.165, 1.54) is 0 Å². The lowest BCUT2D eigenvalue weighted by atomic mass is 9.99. The molecule has 0 amide bonds. The molecule has 0 bridgehead atoms. The molecule has 1 unspecified atom stereocenters. The van der Waals surface area contributed by atoms with Gasteiger partial charge in [-0.3, -0.25) is 0 Å². The molecule has 5 rings (SSSR count). The summed E-state index contributed by atoms with van der Waals surface area (Å²) in [5.74, 6) is 0. The van der Waals surface area contributed by atoms with Gasteiger partial charge < -0.3 is 8.95 Å². The van der Waals surface area contributed by atoms with Crippen LogP contribution in [0.4, 0.5) is 0 Å². The Balaban J connectivity index is 1.70. The maximum absolute atomic E-state index is 6.99. The predicted octanol–water partition coefficient (Wildman–Crippen LogP) is 4.44. The van der Waals surface area contributed by atoms with Gasteiger partial charge in [-0.25, -0.2) is 0 Å². The third kappa shape index (κ3) is 3.36. The van der Waals surface area contributed by atoms with Crippen molar-refractivity contribution in [2.75, 3.05) is 0 Å². The van der Waals surface area contributed by atoms with Crippen molar-refractivity contribution in [3.63, 3.8) is 0 Å². The lowest BCUT2D eigenvalue weighted by Crippen LogP contribution is -2.65. The summed E-state index contributed by atoms with van der Waals surface area (Å²) in [5.41, 5.74) is 2.85. The van der Waals surface area contributed by atoms with Crippen molar-refractivity contribution in [2.24, 2.45) is 5.16 Å². The molecule has 1 atom stereocenters. The molecule has 0 N–H and O–H groups in total. The van der Waals surface area contributed by atoms with E-state index >= 15 is 0 Å². The van der Waals surface area contributed by atoms with E-state index in [9.17, 15) is 0 Å². The standard InChI is InChI=1S/C26H21NO2Si/c1-5-13-21(14-6-1)25-26(22-15-7-2-8-16-22)28-30(29-27-25,23-17-9-3-10-18-23)24-19-11-4-12-20-24/h1-20,26H. The SMILES string of the molecule is c1ccc(C2=NO[Si](c3ccccc3)(c3ccccc3)OC2c2ccccc2)cc1. The summed E-state index contributed by atoms with van der Waals surface area (Å²) in [6.45, 7) is 0. The summed E-state index contributed by atoms with van der Waals surface area (Å²) in [7, 11) is -3.04. The van der Waals surface area contributed by atoms with E-state index in [4.69, 9.17) is 14.1 Å². The maximum Gasteiger partial charge on any atom is 0.494 e. The molecule has 1 heterocycles. The minimum absolute atomic E-state index is 0.325. The Kier molecular flexibility index (Phi) is 5.01. The van der Waals surface area contributed by atoms with E-state index in [1.54, 1.807) is 0 Å². The van der Waals surface area contributed by atoms with Crippen LogP contribution in [0, 0.1) is 0 Å². The molecule has 4 aromatic carbocycles. The Morgan fingerprint density at radius 1 is 0.567 bits per heavy atom. The molecule has 3 nitrogen and oxygen atoms in total. The number of hydrogen-bond acceptors (Lipinski definition) is 3. The second kappa shape index (κ2) is 8.11. The summed E-state index contributed by atoms with van der Waals surface area (Å²) < 4.78 is 13.3. The first kappa shape index (κ1) is 18.5. The first-order valence-corrected chi connectivity index (χ1v) is 11.8. The summed E-state index contributed by atoms with van der Waals surface area (Å²) in [6, 6.07) is 40.7. The fourth-order valence-electron chi connectivity index (χ4n) is 3.79. The molecule has 4 aromatic rings. The molecular weight excluding hydrogens is 386 g/mol. The van der Waals surface area contributed by atoms with Crippen LogP contribution in [0.1, 0.15) is 17.2 Å². The van der Waals surface area contributed by atoms with Gasteiger partial charge in [-0.05, 0) is 5.56 Å². The third-order valence-electron chi connectivity index (χ3n) is 5.28. The normalized spacial score (nSPS) is 17.6. The molecule has 4 heteroatoms. The van der Waals surface area contributed by atoms with Crippen LogP contribution in [0.2, 0.25) is 0 Å². The van der Waals surface area contributed by atoms with Gasteiger partial charge in [0.15, 0.2) is 0 Å². The van der Waals surface area contributed by atoms with Gasteiger partial charge in [0.05, 0.1) is 0 Å². The highest BCUT2D eigenvalue weighted by molar-refractivity contribution is 6.92. The smallest absolute Gasteiger partial charge is 0.411 e. The summed E-state index contributed by atoms with van der Waals surface area (Å²) >= 11 is 0. The van der Waals surface area contributed by atoms with Gasteiger partial charge in [0.25, 0.3) is 0 Å². The topological polar surface area (TPSA) is 30.8 Å². The fraction of sp³-hybridized carbons (Fsp3) is 0.0385.